The second kappa shape index (κ2) is 6.99. The van der Waals surface area contributed by atoms with Crippen LogP contribution in [-0.2, 0) is 4.74 Å². The number of aromatic nitrogens is 3. The van der Waals surface area contributed by atoms with Gasteiger partial charge in [0.15, 0.2) is 10.5 Å². The standard InChI is InChI=1S/C22H16N4O4S/c1-30-22(29)19-18(23)17-20-24-13(11-6-2-4-8-15(11)27)10-14(26(20)25-21(17)31-19)12-7-3-5-9-16(12)28/h2-10,27-28H,23H2,1H3. The fraction of sp³-hybridized carbons (Fsp3) is 0.0455. The number of fused-ring (bicyclic) bond motifs is 3. The predicted octanol–water partition coefficient (Wildman–Crippen LogP) is 4.06. The lowest BCUT2D eigenvalue weighted by Crippen LogP contribution is -2.03. The second-order valence-electron chi connectivity index (χ2n) is 6.81. The van der Waals surface area contributed by atoms with E-state index in [9.17, 15) is 15.0 Å². The van der Waals surface area contributed by atoms with Crippen LogP contribution in [0.1, 0.15) is 9.67 Å². The molecule has 0 aliphatic heterocycles. The summed E-state index contributed by atoms with van der Waals surface area (Å²) in [5, 5.41) is 26.0. The van der Waals surface area contributed by atoms with E-state index in [-0.39, 0.29) is 22.1 Å². The van der Waals surface area contributed by atoms with Crippen LogP contribution in [-0.4, -0.2) is 37.9 Å². The molecule has 154 valence electrons. The first-order valence-corrected chi connectivity index (χ1v) is 10.1. The van der Waals surface area contributed by atoms with Gasteiger partial charge >= 0.3 is 5.97 Å². The minimum absolute atomic E-state index is 0.0619. The molecule has 5 aromatic rings. The number of nitrogens with two attached hydrogens (primary N) is 1. The van der Waals surface area contributed by atoms with Crippen molar-refractivity contribution in [1.29, 1.82) is 0 Å². The molecule has 0 saturated heterocycles. The van der Waals surface area contributed by atoms with E-state index in [1.165, 1.54) is 7.11 Å². The molecule has 0 radical (unpaired) electrons. The molecule has 31 heavy (non-hydrogen) atoms. The third-order valence-electron chi connectivity index (χ3n) is 5.00. The smallest absolute Gasteiger partial charge is 0.350 e. The first-order chi connectivity index (χ1) is 15.0. The largest absolute Gasteiger partial charge is 0.507 e. The third-order valence-corrected chi connectivity index (χ3v) is 6.07. The van der Waals surface area contributed by atoms with Crippen molar-refractivity contribution in [2.24, 2.45) is 0 Å². The van der Waals surface area contributed by atoms with E-state index in [1.807, 2.05) is 0 Å². The molecule has 2 aromatic carbocycles. The zero-order valence-electron chi connectivity index (χ0n) is 16.2. The first kappa shape index (κ1) is 18.9. The lowest BCUT2D eigenvalue weighted by Gasteiger charge is -2.11. The Kier molecular flexibility index (Phi) is 4.26. The molecule has 9 heteroatoms. The number of thiophene rings is 1. The van der Waals surface area contributed by atoms with E-state index < -0.39 is 5.97 Å². The van der Waals surface area contributed by atoms with Gasteiger partial charge in [-0.1, -0.05) is 24.3 Å². The van der Waals surface area contributed by atoms with Crippen LogP contribution in [0, 0.1) is 0 Å². The van der Waals surface area contributed by atoms with E-state index in [0.717, 1.165) is 11.3 Å². The number of hydrogen-bond donors (Lipinski definition) is 3. The maximum atomic E-state index is 12.1. The summed E-state index contributed by atoms with van der Waals surface area (Å²) in [5.74, 6) is -0.413. The van der Waals surface area contributed by atoms with Gasteiger partial charge in [0.25, 0.3) is 0 Å². The fourth-order valence-corrected chi connectivity index (χ4v) is 4.52. The quantitative estimate of drug-likeness (QED) is 0.367. The maximum Gasteiger partial charge on any atom is 0.350 e. The fourth-order valence-electron chi connectivity index (χ4n) is 3.52. The Balaban J connectivity index is 1.90. The number of methoxy groups -OCH3 is 1. The van der Waals surface area contributed by atoms with Crippen LogP contribution >= 0.6 is 11.3 Å². The van der Waals surface area contributed by atoms with E-state index in [0.29, 0.717) is 38.4 Å². The summed E-state index contributed by atoms with van der Waals surface area (Å²) in [7, 11) is 1.29. The van der Waals surface area contributed by atoms with Crippen molar-refractivity contribution in [2.75, 3.05) is 12.8 Å². The van der Waals surface area contributed by atoms with E-state index in [2.05, 4.69) is 5.10 Å². The maximum absolute atomic E-state index is 12.1. The highest BCUT2D eigenvalue weighted by molar-refractivity contribution is 7.21. The van der Waals surface area contributed by atoms with Gasteiger partial charge < -0.3 is 20.7 Å². The van der Waals surface area contributed by atoms with Crippen molar-refractivity contribution >= 4 is 38.9 Å². The summed E-state index contributed by atoms with van der Waals surface area (Å²) in [5.41, 5.74) is 8.99. The Labute approximate surface area is 179 Å². The van der Waals surface area contributed by atoms with Gasteiger partial charge in [-0.05, 0) is 30.3 Å². The van der Waals surface area contributed by atoms with Gasteiger partial charge in [0, 0.05) is 11.1 Å². The van der Waals surface area contributed by atoms with Crippen LogP contribution in [0.4, 0.5) is 5.69 Å². The monoisotopic (exact) mass is 432 g/mol. The van der Waals surface area contributed by atoms with Crippen molar-refractivity contribution in [1.82, 2.24) is 14.6 Å². The Morgan fingerprint density at radius 3 is 2.35 bits per heavy atom. The zero-order valence-corrected chi connectivity index (χ0v) is 17.1. The van der Waals surface area contributed by atoms with Gasteiger partial charge in [0.05, 0.1) is 29.6 Å². The molecule has 3 heterocycles. The lowest BCUT2D eigenvalue weighted by molar-refractivity contribution is 0.0607. The summed E-state index contributed by atoms with van der Waals surface area (Å²) in [6.07, 6.45) is 0. The Morgan fingerprint density at radius 1 is 1.06 bits per heavy atom. The molecule has 3 aromatic heterocycles. The molecule has 0 unspecified atom stereocenters. The highest BCUT2D eigenvalue weighted by atomic mass is 32.1. The first-order valence-electron chi connectivity index (χ1n) is 9.26. The van der Waals surface area contributed by atoms with Gasteiger partial charge in [-0.25, -0.2) is 14.3 Å². The summed E-state index contributed by atoms with van der Waals surface area (Å²) < 4.78 is 6.40. The van der Waals surface area contributed by atoms with Crippen LogP contribution in [0.5, 0.6) is 11.5 Å². The number of para-hydroxylation sites is 2. The second-order valence-corrected chi connectivity index (χ2v) is 7.81. The van der Waals surface area contributed by atoms with Crippen molar-refractivity contribution in [3.8, 4) is 34.0 Å². The average Bonchev–Trinajstić information content (AvgIpc) is 3.30. The van der Waals surface area contributed by atoms with Crippen LogP contribution in [0.25, 0.3) is 38.4 Å². The highest BCUT2D eigenvalue weighted by Gasteiger charge is 2.24. The SMILES string of the molecule is COC(=O)c1sc2nn3c(-c4ccccc4O)cc(-c4ccccc4O)nc3c2c1N. The molecule has 0 aliphatic rings. The number of ether oxygens (including phenoxy) is 1. The van der Waals surface area contributed by atoms with Crippen molar-refractivity contribution < 1.29 is 19.7 Å². The average molecular weight is 432 g/mol. The van der Waals surface area contributed by atoms with E-state index >= 15 is 0 Å². The number of nitrogens with zero attached hydrogens (tertiary/aromatic N) is 3. The van der Waals surface area contributed by atoms with Crippen LogP contribution in [0.3, 0.4) is 0 Å². The zero-order chi connectivity index (χ0) is 21.7. The molecule has 0 spiro atoms. The van der Waals surface area contributed by atoms with Gasteiger partial charge in [-0.2, -0.15) is 5.10 Å². The van der Waals surface area contributed by atoms with E-state index in [4.69, 9.17) is 15.5 Å². The predicted molar refractivity (Wildman–Crippen MR) is 118 cm³/mol. The molecular formula is C22H16N4O4S. The minimum atomic E-state index is -0.545. The molecular weight excluding hydrogens is 416 g/mol. The molecule has 8 nitrogen and oxygen atoms in total. The van der Waals surface area contributed by atoms with E-state index in [1.54, 1.807) is 59.1 Å². The molecule has 4 N–H and O–H groups in total. The van der Waals surface area contributed by atoms with Crippen molar-refractivity contribution in [3.63, 3.8) is 0 Å². The highest BCUT2D eigenvalue weighted by Crippen LogP contribution is 2.40. The molecule has 0 saturated carbocycles. The van der Waals surface area contributed by atoms with Crippen LogP contribution in [0.2, 0.25) is 0 Å². The lowest BCUT2D eigenvalue weighted by atomic mass is 10.1. The molecule has 0 fully saturated rings. The number of esters is 1. The molecule has 0 amide bonds. The Hall–Kier alpha value is -4.11. The number of rotatable bonds is 3. The van der Waals surface area contributed by atoms with Gasteiger partial charge in [-0.3, -0.25) is 0 Å². The molecule has 0 aliphatic carbocycles. The summed E-state index contributed by atoms with van der Waals surface area (Å²) >= 11 is 1.11. The van der Waals surface area contributed by atoms with Crippen LogP contribution < -0.4 is 5.73 Å². The Morgan fingerprint density at radius 2 is 1.71 bits per heavy atom. The number of carbonyl (C=O) groups excluding carboxylic acids is 1. The number of phenolic OH excluding ortho intramolecular Hbond substituents is 2. The van der Waals surface area contributed by atoms with Crippen molar-refractivity contribution in [3.05, 3.63) is 59.5 Å². The summed E-state index contributed by atoms with van der Waals surface area (Å²) in [6.45, 7) is 0. The third kappa shape index (κ3) is 2.86. The van der Waals surface area contributed by atoms with Gasteiger partial charge in [0.2, 0.25) is 0 Å². The number of anilines is 1. The van der Waals surface area contributed by atoms with Crippen molar-refractivity contribution in [2.45, 2.75) is 0 Å². The van der Waals surface area contributed by atoms with Gasteiger partial charge in [-0.15, -0.1) is 11.3 Å². The number of phenols is 2. The number of hydrogen-bond acceptors (Lipinski definition) is 8. The normalized spacial score (nSPS) is 11.3. The van der Waals surface area contributed by atoms with Gasteiger partial charge in [0.1, 0.15) is 16.4 Å². The minimum Gasteiger partial charge on any atom is -0.507 e. The number of nitrogen functional groups attached to an aromatic ring is 1. The number of benzene rings is 2. The summed E-state index contributed by atoms with van der Waals surface area (Å²) in [6, 6.07) is 15.4. The molecule has 5 rings (SSSR count). The van der Waals surface area contributed by atoms with Crippen LogP contribution in [0.15, 0.2) is 54.6 Å². The molecule has 0 bridgehead atoms. The summed E-state index contributed by atoms with van der Waals surface area (Å²) in [4.78, 5) is 17.6. The number of aromatic hydroxyl groups is 2. The number of carbonyl (C=O) groups is 1. The Bertz CT molecular complexity index is 1490. The topological polar surface area (TPSA) is 123 Å². The molecule has 0 atom stereocenters.